The van der Waals surface area contributed by atoms with E-state index in [9.17, 15) is 0 Å². The van der Waals surface area contributed by atoms with E-state index in [4.69, 9.17) is 14.2 Å². The van der Waals surface area contributed by atoms with Crippen LogP contribution in [0.5, 0.6) is 0 Å². The molecule has 0 aromatic rings. The fourth-order valence-corrected chi connectivity index (χ4v) is 0.742. The molecule has 0 saturated heterocycles. The Balaban J connectivity index is 2.57. The average molecular weight is 130 g/mol. The molecule has 1 aliphatic rings. The smallest absolute Gasteiger partial charge is 0.304 e. The van der Waals surface area contributed by atoms with Crippen molar-refractivity contribution in [1.82, 2.24) is 0 Å². The van der Waals surface area contributed by atoms with Gasteiger partial charge in [-0.25, -0.2) is 0 Å². The summed E-state index contributed by atoms with van der Waals surface area (Å²) in [6.07, 6.45) is 3.60. The lowest BCUT2D eigenvalue weighted by atomic mass is 10.5. The Hall–Kier alpha value is -0.380. The van der Waals surface area contributed by atoms with Crippen molar-refractivity contribution in [3.05, 3.63) is 12.2 Å². The van der Waals surface area contributed by atoms with Gasteiger partial charge in [0, 0.05) is 20.3 Å². The molecule has 0 aromatic carbocycles. The van der Waals surface area contributed by atoms with Crippen LogP contribution < -0.4 is 0 Å². The monoisotopic (exact) mass is 130 g/mol. The maximum absolute atomic E-state index is 5.08. The summed E-state index contributed by atoms with van der Waals surface area (Å²) >= 11 is 0. The summed E-state index contributed by atoms with van der Waals surface area (Å²) in [6.45, 7) is 0.557. The summed E-state index contributed by atoms with van der Waals surface area (Å²) in [5.74, 6) is -0.903. The van der Waals surface area contributed by atoms with Crippen LogP contribution in [-0.4, -0.2) is 26.8 Å². The molecule has 0 amide bonds. The fourth-order valence-electron chi connectivity index (χ4n) is 0.742. The maximum atomic E-state index is 5.08. The van der Waals surface area contributed by atoms with Crippen LogP contribution in [0.2, 0.25) is 0 Å². The van der Waals surface area contributed by atoms with Crippen LogP contribution in [0.15, 0.2) is 12.2 Å². The Kier molecular flexibility index (Phi) is 1.85. The normalized spacial score (nSPS) is 22.9. The highest BCUT2D eigenvalue weighted by molar-refractivity contribution is 4.96. The zero-order chi connectivity index (χ0) is 6.74. The van der Waals surface area contributed by atoms with Gasteiger partial charge in [0.25, 0.3) is 0 Å². The van der Waals surface area contributed by atoms with E-state index >= 15 is 0 Å². The largest absolute Gasteiger partial charge is 0.327 e. The lowest BCUT2D eigenvalue weighted by Gasteiger charge is -2.21. The highest BCUT2D eigenvalue weighted by Gasteiger charge is 2.30. The van der Waals surface area contributed by atoms with Crippen molar-refractivity contribution >= 4 is 0 Å². The predicted molar refractivity (Wildman–Crippen MR) is 31.8 cm³/mol. The highest BCUT2D eigenvalue weighted by atomic mass is 16.9. The first kappa shape index (κ1) is 6.74. The molecule has 0 radical (unpaired) electrons. The second-order valence-corrected chi connectivity index (χ2v) is 1.73. The Morgan fingerprint density at radius 3 is 2.33 bits per heavy atom. The summed E-state index contributed by atoms with van der Waals surface area (Å²) in [5, 5.41) is 0. The van der Waals surface area contributed by atoms with Crippen LogP contribution in [0.4, 0.5) is 0 Å². The molecule has 3 nitrogen and oxygen atoms in total. The molecule has 3 heteroatoms. The molecule has 0 N–H and O–H groups in total. The Morgan fingerprint density at radius 2 is 2.11 bits per heavy atom. The SMILES string of the molecule is COC1(OC)C=CCO1. The van der Waals surface area contributed by atoms with Gasteiger partial charge in [0.1, 0.15) is 0 Å². The first-order valence-corrected chi connectivity index (χ1v) is 2.75. The van der Waals surface area contributed by atoms with E-state index in [-0.39, 0.29) is 0 Å². The van der Waals surface area contributed by atoms with Crippen molar-refractivity contribution in [2.75, 3.05) is 20.8 Å². The third kappa shape index (κ3) is 1.13. The molecule has 0 unspecified atom stereocenters. The van der Waals surface area contributed by atoms with E-state index in [2.05, 4.69) is 0 Å². The van der Waals surface area contributed by atoms with Gasteiger partial charge in [-0.15, -0.1) is 0 Å². The van der Waals surface area contributed by atoms with Gasteiger partial charge in [-0.2, -0.15) is 0 Å². The van der Waals surface area contributed by atoms with Crippen molar-refractivity contribution in [3.8, 4) is 0 Å². The lowest BCUT2D eigenvalue weighted by molar-refractivity contribution is -0.317. The molecule has 0 saturated carbocycles. The minimum absolute atomic E-state index is 0.557. The third-order valence-corrected chi connectivity index (χ3v) is 1.27. The van der Waals surface area contributed by atoms with Crippen LogP contribution in [-0.2, 0) is 14.2 Å². The number of methoxy groups -OCH3 is 2. The molecule has 0 fully saturated rings. The van der Waals surface area contributed by atoms with Crippen LogP contribution in [0.3, 0.4) is 0 Å². The second-order valence-electron chi connectivity index (χ2n) is 1.73. The summed E-state index contributed by atoms with van der Waals surface area (Å²) in [5.41, 5.74) is 0. The van der Waals surface area contributed by atoms with Crippen LogP contribution in [0, 0.1) is 0 Å². The first-order valence-electron chi connectivity index (χ1n) is 2.75. The van der Waals surface area contributed by atoms with Gasteiger partial charge in [0.05, 0.1) is 6.61 Å². The molecule has 9 heavy (non-hydrogen) atoms. The second kappa shape index (κ2) is 2.47. The Labute approximate surface area is 54.2 Å². The van der Waals surface area contributed by atoms with Gasteiger partial charge < -0.3 is 14.2 Å². The average Bonchev–Trinajstić information content (AvgIpc) is 2.36. The van der Waals surface area contributed by atoms with Crippen LogP contribution >= 0.6 is 0 Å². The molecule has 0 atom stereocenters. The maximum Gasteiger partial charge on any atom is 0.304 e. The zero-order valence-corrected chi connectivity index (χ0v) is 5.59. The van der Waals surface area contributed by atoms with E-state index in [1.165, 1.54) is 0 Å². The molecule has 52 valence electrons. The molecular formula is C6H10O3. The standard InChI is InChI=1S/C6H10O3/c1-7-6(8-2)4-3-5-9-6/h3-4H,5H2,1-2H3. The minimum atomic E-state index is -0.903. The molecule has 1 heterocycles. The van der Waals surface area contributed by atoms with Crippen molar-refractivity contribution in [3.63, 3.8) is 0 Å². The molecular weight excluding hydrogens is 120 g/mol. The van der Waals surface area contributed by atoms with E-state index < -0.39 is 5.97 Å². The molecule has 1 rings (SSSR count). The van der Waals surface area contributed by atoms with E-state index in [0.717, 1.165) is 0 Å². The van der Waals surface area contributed by atoms with Crippen molar-refractivity contribution in [1.29, 1.82) is 0 Å². The minimum Gasteiger partial charge on any atom is -0.327 e. The van der Waals surface area contributed by atoms with Gasteiger partial charge >= 0.3 is 5.97 Å². The topological polar surface area (TPSA) is 27.7 Å². The summed E-state index contributed by atoms with van der Waals surface area (Å²) in [7, 11) is 3.08. The quantitative estimate of drug-likeness (QED) is 0.403. The Bertz CT molecular complexity index is 115. The van der Waals surface area contributed by atoms with Crippen LogP contribution in [0.25, 0.3) is 0 Å². The molecule has 0 bridgehead atoms. The highest BCUT2D eigenvalue weighted by Crippen LogP contribution is 2.19. The van der Waals surface area contributed by atoms with Gasteiger partial charge in [0.2, 0.25) is 0 Å². The summed E-state index contributed by atoms with van der Waals surface area (Å²) in [6, 6.07) is 0. The van der Waals surface area contributed by atoms with Crippen molar-refractivity contribution in [2.45, 2.75) is 5.97 Å². The fraction of sp³-hybridized carbons (Fsp3) is 0.667. The molecule has 0 spiro atoms. The van der Waals surface area contributed by atoms with E-state index in [1.54, 1.807) is 20.3 Å². The summed E-state index contributed by atoms with van der Waals surface area (Å²) in [4.78, 5) is 0. The van der Waals surface area contributed by atoms with E-state index in [1.807, 2.05) is 6.08 Å². The predicted octanol–water partition coefficient (Wildman–Crippen LogP) is 0.519. The zero-order valence-electron chi connectivity index (χ0n) is 5.59. The van der Waals surface area contributed by atoms with Gasteiger partial charge in [-0.1, -0.05) is 6.08 Å². The summed E-state index contributed by atoms with van der Waals surface area (Å²) < 4.78 is 14.9. The number of ether oxygens (including phenoxy) is 3. The van der Waals surface area contributed by atoms with Crippen molar-refractivity contribution < 1.29 is 14.2 Å². The molecule has 1 aliphatic heterocycles. The van der Waals surface area contributed by atoms with Crippen molar-refractivity contribution in [2.24, 2.45) is 0 Å². The number of rotatable bonds is 2. The van der Waals surface area contributed by atoms with Gasteiger partial charge in [-0.05, 0) is 0 Å². The Morgan fingerprint density at radius 1 is 1.44 bits per heavy atom. The van der Waals surface area contributed by atoms with Gasteiger partial charge in [-0.3, -0.25) is 0 Å². The van der Waals surface area contributed by atoms with E-state index in [0.29, 0.717) is 6.61 Å². The molecule has 0 aliphatic carbocycles. The first-order chi connectivity index (χ1) is 4.33. The lowest BCUT2D eigenvalue weighted by Crippen LogP contribution is -2.31. The number of hydrogen-bond acceptors (Lipinski definition) is 3. The molecule has 0 aromatic heterocycles. The van der Waals surface area contributed by atoms with Crippen LogP contribution in [0.1, 0.15) is 0 Å². The number of hydrogen-bond donors (Lipinski definition) is 0. The third-order valence-electron chi connectivity index (χ3n) is 1.27. The van der Waals surface area contributed by atoms with Gasteiger partial charge in [0.15, 0.2) is 0 Å².